The number of aromatic nitrogens is 5. The van der Waals surface area contributed by atoms with Gasteiger partial charge in [-0.2, -0.15) is 5.10 Å². The number of hydrogen-bond donors (Lipinski definition) is 1. The third-order valence-corrected chi connectivity index (χ3v) is 2.22. The molecular weight excluding hydrogens is 224 g/mol. The van der Waals surface area contributed by atoms with E-state index in [0.717, 1.165) is 0 Å². The molecule has 0 spiro atoms. The van der Waals surface area contributed by atoms with Gasteiger partial charge in [-0.15, -0.1) is 0 Å². The molecule has 0 aliphatic heterocycles. The van der Waals surface area contributed by atoms with Crippen molar-refractivity contribution >= 4 is 11.8 Å². The topological polar surface area (TPSA) is 101 Å². The molecule has 2 heterocycles. The maximum atomic E-state index is 11.3. The quantitative estimate of drug-likeness (QED) is 0.716. The molecule has 0 amide bonds. The molecule has 0 unspecified atom stereocenters. The molecule has 8 heteroatoms. The summed E-state index contributed by atoms with van der Waals surface area (Å²) in [5.41, 5.74) is 5.87. The molecule has 0 saturated heterocycles. The van der Waals surface area contributed by atoms with E-state index in [9.17, 15) is 4.79 Å². The smallest absolute Gasteiger partial charge is 0.360 e. The summed E-state index contributed by atoms with van der Waals surface area (Å²) in [6, 6.07) is 0. The molecule has 90 valence electrons. The van der Waals surface area contributed by atoms with Crippen LogP contribution in [0.5, 0.6) is 0 Å². The molecule has 0 radical (unpaired) electrons. The summed E-state index contributed by atoms with van der Waals surface area (Å²) in [5, 5.41) is 4.11. The first-order chi connectivity index (χ1) is 8.11. The predicted molar refractivity (Wildman–Crippen MR) is 58.1 cm³/mol. The molecule has 0 fully saturated rings. The number of ether oxygens (including phenoxy) is 1. The fourth-order valence-electron chi connectivity index (χ4n) is 1.38. The maximum Gasteiger partial charge on any atom is 0.360 e. The van der Waals surface area contributed by atoms with Gasteiger partial charge in [-0.3, -0.25) is 4.68 Å². The highest BCUT2D eigenvalue weighted by Gasteiger charge is 2.16. The molecule has 8 nitrogen and oxygen atoms in total. The molecule has 17 heavy (non-hydrogen) atoms. The Morgan fingerprint density at radius 2 is 2.24 bits per heavy atom. The standard InChI is InChI=1S/C9H12N6O2/c1-14-4-11-6(13-14)3-15-5-12-7(8(15)10)9(16)17-2/h4-5H,3,10H2,1-2H3. The summed E-state index contributed by atoms with van der Waals surface area (Å²) in [7, 11) is 3.05. The monoisotopic (exact) mass is 236 g/mol. The van der Waals surface area contributed by atoms with Gasteiger partial charge in [0.05, 0.1) is 20.0 Å². The van der Waals surface area contributed by atoms with E-state index in [0.29, 0.717) is 12.4 Å². The molecule has 2 aromatic rings. The predicted octanol–water partition coefficient (Wildman–Crippen LogP) is -0.571. The van der Waals surface area contributed by atoms with E-state index in [1.165, 1.54) is 13.4 Å². The number of imidazole rings is 1. The minimum absolute atomic E-state index is 0.100. The van der Waals surface area contributed by atoms with E-state index >= 15 is 0 Å². The van der Waals surface area contributed by atoms with E-state index in [4.69, 9.17) is 5.73 Å². The van der Waals surface area contributed by atoms with Gasteiger partial charge < -0.3 is 15.0 Å². The first kappa shape index (κ1) is 11.1. The lowest BCUT2D eigenvalue weighted by atomic mass is 10.4. The molecular formula is C9H12N6O2. The van der Waals surface area contributed by atoms with Gasteiger partial charge in [0.1, 0.15) is 12.1 Å². The van der Waals surface area contributed by atoms with Crippen molar-refractivity contribution in [2.24, 2.45) is 7.05 Å². The summed E-state index contributed by atoms with van der Waals surface area (Å²) < 4.78 is 7.73. The van der Waals surface area contributed by atoms with Crippen LogP contribution in [-0.2, 0) is 18.3 Å². The zero-order valence-electron chi connectivity index (χ0n) is 9.49. The highest BCUT2D eigenvalue weighted by molar-refractivity contribution is 5.92. The van der Waals surface area contributed by atoms with Crippen LogP contribution in [0.1, 0.15) is 16.3 Å². The van der Waals surface area contributed by atoms with Gasteiger partial charge in [0.2, 0.25) is 0 Å². The van der Waals surface area contributed by atoms with Gasteiger partial charge in [-0.1, -0.05) is 0 Å². The Morgan fingerprint density at radius 1 is 1.47 bits per heavy atom. The Bertz CT molecular complexity index is 543. The molecule has 0 aliphatic rings. The van der Waals surface area contributed by atoms with Crippen LogP contribution in [-0.4, -0.2) is 37.4 Å². The zero-order chi connectivity index (χ0) is 12.4. The fourth-order valence-corrected chi connectivity index (χ4v) is 1.38. The van der Waals surface area contributed by atoms with Crippen LogP contribution >= 0.6 is 0 Å². The van der Waals surface area contributed by atoms with Gasteiger partial charge in [0, 0.05) is 7.05 Å². The van der Waals surface area contributed by atoms with Crippen molar-refractivity contribution in [2.45, 2.75) is 6.54 Å². The molecule has 0 atom stereocenters. The number of rotatable bonds is 3. The van der Waals surface area contributed by atoms with E-state index in [2.05, 4.69) is 19.8 Å². The minimum atomic E-state index is -0.560. The van der Waals surface area contributed by atoms with Crippen LogP contribution in [0, 0.1) is 0 Å². The molecule has 2 N–H and O–H groups in total. The fraction of sp³-hybridized carbons (Fsp3) is 0.333. The van der Waals surface area contributed by atoms with E-state index in [1.54, 1.807) is 22.6 Å². The largest absolute Gasteiger partial charge is 0.464 e. The average Bonchev–Trinajstić information content (AvgIpc) is 2.87. The van der Waals surface area contributed by atoms with Crippen molar-refractivity contribution in [2.75, 3.05) is 12.8 Å². The zero-order valence-corrected chi connectivity index (χ0v) is 9.49. The molecule has 0 aliphatic carbocycles. The van der Waals surface area contributed by atoms with Crippen LogP contribution in [0.3, 0.4) is 0 Å². The number of nitrogen functional groups attached to an aromatic ring is 1. The number of hydrogen-bond acceptors (Lipinski definition) is 6. The highest BCUT2D eigenvalue weighted by Crippen LogP contribution is 2.12. The summed E-state index contributed by atoms with van der Waals surface area (Å²) in [5.74, 6) is 0.271. The number of esters is 1. The number of carbonyl (C=O) groups is 1. The Kier molecular flexibility index (Phi) is 2.77. The first-order valence-electron chi connectivity index (χ1n) is 4.85. The second-order valence-electron chi connectivity index (χ2n) is 3.43. The average molecular weight is 236 g/mol. The number of carbonyl (C=O) groups excluding carboxylic acids is 1. The van der Waals surface area contributed by atoms with Crippen molar-refractivity contribution in [3.63, 3.8) is 0 Å². The molecule has 2 rings (SSSR count). The van der Waals surface area contributed by atoms with Crippen molar-refractivity contribution in [3.05, 3.63) is 24.2 Å². The lowest BCUT2D eigenvalue weighted by molar-refractivity contribution is 0.0596. The van der Waals surface area contributed by atoms with Crippen LogP contribution in [0.4, 0.5) is 5.82 Å². The van der Waals surface area contributed by atoms with Gasteiger partial charge in [-0.25, -0.2) is 14.8 Å². The molecule has 0 aromatic carbocycles. The van der Waals surface area contributed by atoms with Crippen molar-refractivity contribution in [3.8, 4) is 0 Å². The number of nitrogens with zero attached hydrogens (tertiary/aromatic N) is 5. The summed E-state index contributed by atoms with van der Waals surface area (Å²) in [6.45, 7) is 0.358. The normalized spacial score (nSPS) is 10.5. The van der Waals surface area contributed by atoms with Gasteiger partial charge in [0.25, 0.3) is 0 Å². The Labute approximate surface area is 97.0 Å². The molecule has 0 saturated carbocycles. The second kappa shape index (κ2) is 4.24. The van der Waals surface area contributed by atoms with E-state index in [-0.39, 0.29) is 11.5 Å². The number of methoxy groups -OCH3 is 1. The van der Waals surface area contributed by atoms with E-state index < -0.39 is 5.97 Å². The van der Waals surface area contributed by atoms with Gasteiger partial charge in [0.15, 0.2) is 11.5 Å². The highest BCUT2D eigenvalue weighted by atomic mass is 16.5. The van der Waals surface area contributed by atoms with Gasteiger partial charge in [-0.05, 0) is 0 Å². The van der Waals surface area contributed by atoms with Crippen molar-refractivity contribution in [1.29, 1.82) is 0 Å². The lowest BCUT2D eigenvalue weighted by Gasteiger charge is -2.01. The van der Waals surface area contributed by atoms with Crippen LogP contribution in [0.25, 0.3) is 0 Å². The summed E-state index contributed by atoms with van der Waals surface area (Å²) >= 11 is 0. The lowest BCUT2D eigenvalue weighted by Crippen LogP contribution is -2.09. The number of anilines is 1. The maximum absolute atomic E-state index is 11.3. The van der Waals surface area contributed by atoms with Gasteiger partial charge >= 0.3 is 5.97 Å². The number of aryl methyl sites for hydroxylation is 1. The van der Waals surface area contributed by atoms with Crippen LogP contribution < -0.4 is 5.73 Å². The summed E-state index contributed by atoms with van der Waals surface area (Å²) in [6.07, 6.45) is 3.04. The van der Waals surface area contributed by atoms with E-state index in [1.807, 2.05) is 0 Å². The van der Waals surface area contributed by atoms with Crippen LogP contribution in [0.15, 0.2) is 12.7 Å². The minimum Gasteiger partial charge on any atom is -0.464 e. The Hall–Kier alpha value is -2.38. The molecule has 2 aromatic heterocycles. The third kappa shape index (κ3) is 2.10. The molecule has 0 bridgehead atoms. The Morgan fingerprint density at radius 3 is 2.82 bits per heavy atom. The van der Waals surface area contributed by atoms with Crippen molar-refractivity contribution < 1.29 is 9.53 Å². The number of nitrogens with two attached hydrogens (primary N) is 1. The Balaban J connectivity index is 2.23. The first-order valence-corrected chi connectivity index (χ1v) is 4.85. The third-order valence-electron chi connectivity index (χ3n) is 2.22. The van der Waals surface area contributed by atoms with Crippen LogP contribution in [0.2, 0.25) is 0 Å². The van der Waals surface area contributed by atoms with Crippen molar-refractivity contribution in [1.82, 2.24) is 24.3 Å². The SMILES string of the molecule is COC(=O)c1ncn(Cc2ncn(C)n2)c1N. The summed E-state index contributed by atoms with van der Waals surface area (Å²) in [4.78, 5) is 19.2. The second-order valence-corrected chi connectivity index (χ2v) is 3.43.